The van der Waals surface area contributed by atoms with Crippen molar-refractivity contribution in [1.29, 1.82) is 0 Å². The van der Waals surface area contributed by atoms with Crippen LogP contribution in [0.3, 0.4) is 0 Å². The zero-order chi connectivity index (χ0) is 32.8. The molecule has 3 aromatic rings. The smallest absolute Gasteiger partial charge is 0.790 e. The first-order valence-electron chi connectivity index (χ1n) is 13.1. The number of nitrogens with one attached hydrogen (secondary N) is 2. The molecule has 1 aliphatic heterocycles. The van der Waals surface area contributed by atoms with Crippen LogP contribution in [0, 0.1) is 5.82 Å². The second-order valence-corrected chi connectivity index (χ2v) is 9.38. The largest absolute Gasteiger partial charge is 1.00 e. The average molecular weight is 628 g/mol. The van der Waals surface area contributed by atoms with E-state index < -0.39 is 67.1 Å². The third kappa shape index (κ3) is 8.23. The average Bonchev–Trinajstić information content (AvgIpc) is 2.92. The molecule has 0 atom stereocenters. The Labute approximate surface area is 289 Å². The summed E-state index contributed by atoms with van der Waals surface area (Å²) in [5.74, 6) is -4.24. The van der Waals surface area contributed by atoms with Gasteiger partial charge in [0.2, 0.25) is 11.7 Å². The number of aromatic nitrogens is 3. The molecule has 0 bridgehead atoms. The minimum atomic E-state index is -6.01. The van der Waals surface area contributed by atoms with Gasteiger partial charge >= 0.3 is 59.1 Å². The van der Waals surface area contributed by atoms with Crippen LogP contribution in [0.4, 0.5) is 33.5 Å². The monoisotopic (exact) mass is 628 g/mol. The first-order chi connectivity index (χ1) is 20.4. The van der Waals surface area contributed by atoms with Crippen molar-refractivity contribution in [2.45, 2.75) is 19.4 Å². The molecular formula is C23H24FN6Na2O9P. The van der Waals surface area contributed by atoms with Crippen molar-refractivity contribution in [1.82, 2.24) is 15.0 Å². The van der Waals surface area contributed by atoms with Crippen LogP contribution >= 0.6 is 7.82 Å². The molecule has 0 fully saturated rings. The molecule has 0 aliphatic carbocycles. The van der Waals surface area contributed by atoms with Gasteiger partial charge in [-0.05, 0) is 25.9 Å². The zero-order valence-corrected chi connectivity index (χ0v) is 28.4. The van der Waals surface area contributed by atoms with E-state index in [1.54, 1.807) is 0 Å². The van der Waals surface area contributed by atoms with Crippen LogP contribution in [0.5, 0.6) is 23.0 Å². The van der Waals surface area contributed by atoms with Crippen molar-refractivity contribution in [3.63, 3.8) is 0 Å². The fourth-order valence-corrected chi connectivity index (χ4v) is 3.57. The van der Waals surface area contributed by atoms with Crippen molar-refractivity contribution >= 4 is 42.8 Å². The summed E-state index contributed by atoms with van der Waals surface area (Å²) < 4.78 is 84.3. The van der Waals surface area contributed by atoms with Crippen LogP contribution in [0.15, 0.2) is 30.4 Å². The molecule has 2 N–H and O–H groups in total. The maximum atomic E-state index is 14.8. The van der Waals surface area contributed by atoms with Gasteiger partial charge in [0.25, 0.3) is 5.91 Å². The van der Waals surface area contributed by atoms with Crippen molar-refractivity contribution < 1.29 is 112 Å². The van der Waals surface area contributed by atoms with Gasteiger partial charge in [0, 0.05) is 17.8 Å². The number of pyridine rings is 1. The number of phosphoric ester groups is 1. The van der Waals surface area contributed by atoms with Crippen molar-refractivity contribution in [3.8, 4) is 23.0 Å². The zero-order valence-electron chi connectivity index (χ0n) is 27.5. The summed E-state index contributed by atoms with van der Waals surface area (Å²) in [6.07, 6.45) is 0.771. The Morgan fingerprint density at radius 1 is 1.12 bits per heavy atom. The summed E-state index contributed by atoms with van der Waals surface area (Å²) >= 11 is 0. The van der Waals surface area contributed by atoms with Gasteiger partial charge in [0.05, 0.1) is 40.8 Å². The molecule has 214 valence electrons. The number of carbonyl (C=O) groups is 1. The van der Waals surface area contributed by atoms with Gasteiger partial charge in [-0.25, -0.2) is 14.4 Å². The predicted octanol–water partition coefficient (Wildman–Crippen LogP) is -4.16. The molecule has 0 radical (unpaired) electrons. The number of phosphoric acid groups is 1. The Hall–Kier alpha value is -2.24. The molecule has 0 spiro atoms. The van der Waals surface area contributed by atoms with Crippen LogP contribution in [0.2, 0.25) is 0 Å². The van der Waals surface area contributed by atoms with Crippen LogP contribution in [0.25, 0.3) is 0 Å². The summed E-state index contributed by atoms with van der Waals surface area (Å²) in [7, 11) is -1.79. The Bertz CT molecular complexity index is 1670. The molecule has 1 aliphatic rings. The second-order valence-electron chi connectivity index (χ2n) is 8.30. The molecule has 1 aromatic carbocycles. The van der Waals surface area contributed by atoms with Crippen molar-refractivity contribution in [2.24, 2.45) is 0 Å². The molecule has 4 rings (SSSR count). The number of amides is 1. The van der Waals surface area contributed by atoms with Crippen molar-refractivity contribution in [3.05, 3.63) is 36.2 Å². The van der Waals surface area contributed by atoms with Crippen LogP contribution in [-0.4, -0.2) is 54.5 Å². The summed E-state index contributed by atoms with van der Waals surface area (Å²) in [5.41, 5.74) is -1.58. The minimum absolute atomic E-state index is 0. The van der Waals surface area contributed by atoms with Gasteiger partial charge in [-0.2, -0.15) is 4.98 Å². The normalized spacial score (nSPS) is 15.2. The number of hydrogen-bond donors (Lipinski definition) is 2. The molecule has 0 saturated heterocycles. The molecule has 3 heterocycles. The van der Waals surface area contributed by atoms with Gasteiger partial charge in [-0.3, -0.25) is 9.69 Å². The molecule has 42 heavy (non-hydrogen) atoms. The SMILES string of the molecule is [2H]c1c(Nc2nc(Nc3cc(OC)c(OC)c(OC)c3)ncc2F)nc2c(c1[2H])OC(C)(C)C(=O)N2C([2H])([2H])OP(=O)([O-])[O-].[Na+].[Na+]. The summed E-state index contributed by atoms with van der Waals surface area (Å²) in [6, 6.07) is 1.58. The van der Waals surface area contributed by atoms with Crippen molar-refractivity contribution in [2.75, 3.05) is 43.5 Å². The molecule has 0 saturated carbocycles. The minimum Gasteiger partial charge on any atom is -0.790 e. The van der Waals surface area contributed by atoms with Gasteiger partial charge in [-0.15, -0.1) is 0 Å². The van der Waals surface area contributed by atoms with Gasteiger partial charge in [0.15, 0.2) is 40.3 Å². The van der Waals surface area contributed by atoms with Gasteiger partial charge in [0.1, 0.15) is 12.5 Å². The van der Waals surface area contributed by atoms with E-state index in [9.17, 15) is 23.5 Å². The van der Waals surface area contributed by atoms with E-state index in [0.717, 1.165) is 6.20 Å². The Kier molecular flexibility index (Phi) is 10.3. The number of carbonyl (C=O) groups excluding carboxylic acids is 1. The number of fused-ring (bicyclic) bond motifs is 1. The Morgan fingerprint density at radius 3 is 2.33 bits per heavy atom. The number of methoxy groups -OCH3 is 3. The predicted molar refractivity (Wildman–Crippen MR) is 135 cm³/mol. The van der Waals surface area contributed by atoms with E-state index in [0.29, 0.717) is 11.4 Å². The first-order valence-corrected chi connectivity index (χ1v) is 12.5. The van der Waals surface area contributed by atoms with E-state index in [1.165, 1.54) is 47.3 Å². The molecule has 19 heteroatoms. The number of rotatable bonds is 10. The topological polar surface area (TPSA) is 192 Å². The third-order valence-corrected chi connectivity index (χ3v) is 5.45. The van der Waals surface area contributed by atoms with Crippen LogP contribution in [-0.2, 0) is 13.9 Å². The van der Waals surface area contributed by atoms with E-state index in [1.807, 2.05) is 0 Å². The van der Waals surface area contributed by atoms with E-state index in [4.69, 9.17) is 24.4 Å². The molecule has 15 nitrogen and oxygen atoms in total. The van der Waals surface area contributed by atoms with E-state index in [2.05, 4.69) is 30.1 Å². The first kappa shape index (κ1) is 29.8. The number of halogens is 1. The quantitative estimate of drug-likeness (QED) is 0.162. The Morgan fingerprint density at radius 2 is 1.76 bits per heavy atom. The molecule has 0 unspecified atom stereocenters. The number of anilines is 5. The van der Waals surface area contributed by atoms with Crippen LogP contribution in [0.1, 0.15) is 19.3 Å². The third-order valence-electron chi connectivity index (χ3n) is 5.15. The Balaban J connectivity index is 0.00000368. The number of ether oxygens (including phenoxy) is 4. The number of nitrogens with zero attached hydrogens (tertiary/aromatic N) is 4. The summed E-state index contributed by atoms with van der Waals surface area (Å²) in [4.78, 5) is 47.5. The van der Waals surface area contributed by atoms with Gasteiger partial charge in [-0.1, -0.05) is 0 Å². The maximum Gasteiger partial charge on any atom is 1.00 e. The maximum absolute atomic E-state index is 14.8. The van der Waals surface area contributed by atoms with E-state index >= 15 is 0 Å². The fraction of sp³-hybridized carbons (Fsp3) is 0.304. The standard InChI is InChI=1S/C23H26FN6O9P.2Na/c1-23(2)21(31)30(11-38-40(32,33)34)20-14(39-23)6-7-17(28-20)27-19-13(24)10-25-22(29-19)26-12-8-15(35-3)18(37-5)16(9-12)36-4;;/h6-10H,11H2,1-5H3,(H2,32,33,34)(H2,25,26,27,28,29);;/q;2*+1/p-2/i6D,7D,11D2;;. The second kappa shape index (κ2) is 14.5. The molecular weight excluding hydrogens is 600 g/mol. The summed E-state index contributed by atoms with van der Waals surface area (Å²) in [5, 5.41) is 5.21. The number of hydrogen-bond acceptors (Lipinski definition) is 14. The molecule has 1 amide bonds. The fourth-order valence-electron chi connectivity index (χ4n) is 3.39. The number of benzene rings is 1. The van der Waals surface area contributed by atoms with Crippen LogP contribution < -0.4 is 103 Å². The van der Waals surface area contributed by atoms with Gasteiger partial charge < -0.3 is 48.5 Å². The summed E-state index contributed by atoms with van der Waals surface area (Å²) in [6.45, 7) is -1.30. The van der Waals surface area contributed by atoms with E-state index in [-0.39, 0.29) is 81.5 Å². The molecule has 2 aromatic heterocycles.